The Balaban J connectivity index is 2.01. The van der Waals surface area contributed by atoms with Crippen LogP contribution in [-0.4, -0.2) is 30.3 Å². The van der Waals surface area contributed by atoms with Gasteiger partial charge in [0.15, 0.2) is 0 Å². The Morgan fingerprint density at radius 2 is 2.00 bits per heavy atom. The predicted molar refractivity (Wildman–Crippen MR) is 74.4 cm³/mol. The van der Waals surface area contributed by atoms with Gasteiger partial charge in [0, 0.05) is 17.8 Å². The third kappa shape index (κ3) is 3.40. The van der Waals surface area contributed by atoms with Gasteiger partial charge in [-0.2, -0.15) is 0 Å². The number of ether oxygens (including phenoxy) is 1. The Morgan fingerprint density at radius 1 is 1.30 bits per heavy atom. The highest BCUT2D eigenvalue weighted by Gasteiger charge is 2.17. The number of carboxylic acid groups (broad SMARTS) is 1. The minimum Gasteiger partial charge on any atom is -0.496 e. The van der Waals surface area contributed by atoms with Gasteiger partial charge < -0.3 is 20.5 Å². The molecular formula is C14H18N2O4. The largest absolute Gasteiger partial charge is 0.496 e. The van der Waals surface area contributed by atoms with E-state index in [1.54, 1.807) is 6.07 Å². The number of nitrogens with one attached hydrogen (secondary N) is 2. The van der Waals surface area contributed by atoms with E-state index in [1.165, 1.54) is 19.2 Å². The maximum Gasteiger partial charge on any atom is 0.339 e. The third-order valence-corrected chi connectivity index (χ3v) is 3.38. The van der Waals surface area contributed by atoms with Gasteiger partial charge in [-0.05, 0) is 25.0 Å². The molecule has 0 radical (unpaired) electrons. The molecule has 2 amide bonds. The number of hydrogen-bond donors (Lipinski definition) is 3. The quantitative estimate of drug-likeness (QED) is 0.789. The Hall–Kier alpha value is -2.24. The number of urea groups is 1. The zero-order valence-corrected chi connectivity index (χ0v) is 11.3. The summed E-state index contributed by atoms with van der Waals surface area (Å²) in [6.45, 7) is 0. The Bertz CT molecular complexity index is 510. The molecule has 20 heavy (non-hydrogen) atoms. The van der Waals surface area contributed by atoms with E-state index < -0.39 is 5.97 Å². The van der Waals surface area contributed by atoms with Crippen LogP contribution in [0.4, 0.5) is 10.5 Å². The fourth-order valence-electron chi connectivity index (χ4n) is 2.37. The minimum absolute atomic E-state index is 0.0641. The van der Waals surface area contributed by atoms with Crippen LogP contribution in [0.1, 0.15) is 36.0 Å². The van der Waals surface area contributed by atoms with Gasteiger partial charge in [0.2, 0.25) is 0 Å². The number of aromatic carboxylic acids is 1. The van der Waals surface area contributed by atoms with Crippen molar-refractivity contribution in [2.24, 2.45) is 0 Å². The second-order valence-corrected chi connectivity index (χ2v) is 4.80. The lowest BCUT2D eigenvalue weighted by molar-refractivity contribution is 0.0693. The van der Waals surface area contributed by atoms with Crippen molar-refractivity contribution in [3.8, 4) is 5.75 Å². The summed E-state index contributed by atoms with van der Waals surface area (Å²) in [6.07, 6.45) is 4.31. The molecule has 1 saturated carbocycles. The first-order chi connectivity index (χ1) is 9.60. The second kappa shape index (κ2) is 6.27. The van der Waals surface area contributed by atoms with E-state index in [2.05, 4.69) is 10.6 Å². The maximum absolute atomic E-state index is 11.8. The molecule has 0 saturated heterocycles. The number of rotatable bonds is 4. The number of hydrogen-bond acceptors (Lipinski definition) is 3. The number of anilines is 1. The molecule has 0 atom stereocenters. The second-order valence-electron chi connectivity index (χ2n) is 4.80. The minimum atomic E-state index is -1.07. The van der Waals surface area contributed by atoms with Gasteiger partial charge in [-0.3, -0.25) is 0 Å². The molecule has 0 spiro atoms. The molecule has 1 fully saturated rings. The van der Waals surface area contributed by atoms with E-state index in [4.69, 9.17) is 9.84 Å². The summed E-state index contributed by atoms with van der Waals surface area (Å²) in [6, 6.07) is 4.40. The highest BCUT2D eigenvalue weighted by molar-refractivity contribution is 5.94. The first-order valence-electron chi connectivity index (χ1n) is 6.59. The van der Waals surface area contributed by atoms with Crippen molar-refractivity contribution in [3.05, 3.63) is 23.8 Å². The molecule has 108 valence electrons. The molecule has 6 nitrogen and oxygen atoms in total. The van der Waals surface area contributed by atoms with Crippen LogP contribution in [0.25, 0.3) is 0 Å². The monoisotopic (exact) mass is 278 g/mol. The Labute approximate surface area is 117 Å². The van der Waals surface area contributed by atoms with Gasteiger partial charge in [0.25, 0.3) is 0 Å². The molecule has 1 aliphatic carbocycles. The normalized spacial score (nSPS) is 14.8. The molecule has 6 heteroatoms. The van der Waals surface area contributed by atoms with Crippen molar-refractivity contribution < 1.29 is 19.4 Å². The zero-order chi connectivity index (χ0) is 14.5. The number of carboxylic acids is 1. The molecule has 1 aliphatic rings. The number of amides is 2. The van der Waals surface area contributed by atoms with E-state index >= 15 is 0 Å². The van der Waals surface area contributed by atoms with Crippen LogP contribution in [0.3, 0.4) is 0 Å². The van der Waals surface area contributed by atoms with Gasteiger partial charge in [-0.15, -0.1) is 0 Å². The van der Waals surface area contributed by atoms with E-state index in [1.807, 2.05) is 0 Å². The van der Waals surface area contributed by atoms with E-state index in [0.29, 0.717) is 5.69 Å². The van der Waals surface area contributed by atoms with E-state index in [0.717, 1.165) is 25.7 Å². The average molecular weight is 278 g/mol. The Kier molecular flexibility index (Phi) is 4.45. The van der Waals surface area contributed by atoms with Crippen LogP contribution < -0.4 is 15.4 Å². The average Bonchev–Trinajstić information content (AvgIpc) is 2.90. The lowest BCUT2D eigenvalue weighted by Crippen LogP contribution is -2.36. The number of carbonyl (C=O) groups excluding carboxylic acids is 1. The molecule has 2 rings (SSSR count). The van der Waals surface area contributed by atoms with Gasteiger partial charge in [-0.25, -0.2) is 9.59 Å². The number of methoxy groups -OCH3 is 1. The van der Waals surface area contributed by atoms with Crippen LogP contribution >= 0.6 is 0 Å². The van der Waals surface area contributed by atoms with Gasteiger partial charge in [0.05, 0.1) is 7.11 Å². The van der Waals surface area contributed by atoms with Crippen LogP contribution in [0.5, 0.6) is 5.75 Å². The van der Waals surface area contributed by atoms with Crippen molar-refractivity contribution in [1.82, 2.24) is 5.32 Å². The molecule has 0 aliphatic heterocycles. The first-order valence-corrected chi connectivity index (χ1v) is 6.59. The molecule has 3 N–H and O–H groups in total. The SMILES string of the molecule is COc1cc(NC(=O)NC2CCCC2)ccc1C(=O)O. The summed E-state index contributed by atoms with van der Waals surface area (Å²) in [5, 5.41) is 14.6. The van der Waals surface area contributed by atoms with Gasteiger partial charge in [-0.1, -0.05) is 12.8 Å². The number of carbonyl (C=O) groups is 2. The standard InChI is InChI=1S/C14H18N2O4/c1-20-12-8-10(6-7-11(12)13(17)18)16-14(19)15-9-4-2-3-5-9/h6-9H,2-5H2,1H3,(H,17,18)(H2,15,16,19). The van der Waals surface area contributed by atoms with Gasteiger partial charge in [0.1, 0.15) is 11.3 Å². The zero-order valence-electron chi connectivity index (χ0n) is 11.3. The van der Waals surface area contributed by atoms with Gasteiger partial charge >= 0.3 is 12.0 Å². The summed E-state index contributed by atoms with van der Waals surface area (Å²) in [5.41, 5.74) is 0.566. The fourth-order valence-corrected chi connectivity index (χ4v) is 2.37. The fraction of sp³-hybridized carbons (Fsp3) is 0.429. The first kappa shape index (κ1) is 14.2. The Morgan fingerprint density at radius 3 is 2.60 bits per heavy atom. The van der Waals surface area contributed by atoms with E-state index in [9.17, 15) is 9.59 Å². The molecule has 0 bridgehead atoms. The van der Waals surface area contributed by atoms with Crippen molar-refractivity contribution in [2.75, 3.05) is 12.4 Å². The molecule has 1 aromatic carbocycles. The smallest absolute Gasteiger partial charge is 0.339 e. The van der Waals surface area contributed by atoms with Crippen LogP contribution in [-0.2, 0) is 0 Å². The van der Waals surface area contributed by atoms with E-state index in [-0.39, 0.29) is 23.4 Å². The van der Waals surface area contributed by atoms with Crippen molar-refractivity contribution in [3.63, 3.8) is 0 Å². The highest BCUT2D eigenvalue weighted by Crippen LogP contribution is 2.23. The highest BCUT2D eigenvalue weighted by atomic mass is 16.5. The lowest BCUT2D eigenvalue weighted by Gasteiger charge is -2.14. The summed E-state index contributed by atoms with van der Waals surface area (Å²) < 4.78 is 5.01. The maximum atomic E-state index is 11.8. The summed E-state index contributed by atoms with van der Waals surface area (Å²) in [7, 11) is 1.39. The third-order valence-electron chi connectivity index (χ3n) is 3.38. The lowest BCUT2D eigenvalue weighted by atomic mass is 10.2. The van der Waals surface area contributed by atoms with Crippen LogP contribution in [0, 0.1) is 0 Å². The summed E-state index contributed by atoms with van der Waals surface area (Å²) >= 11 is 0. The predicted octanol–water partition coefficient (Wildman–Crippen LogP) is 2.46. The molecule has 0 aromatic heterocycles. The molecule has 0 heterocycles. The van der Waals surface area contributed by atoms with Crippen molar-refractivity contribution >= 4 is 17.7 Å². The topological polar surface area (TPSA) is 87.7 Å². The van der Waals surface area contributed by atoms with Crippen molar-refractivity contribution in [1.29, 1.82) is 0 Å². The molecule has 1 aromatic rings. The van der Waals surface area contributed by atoms with Crippen molar-refractivity contribution in [2.45, 2.75) is 31.7 Å². The summed E-state index contributed by atoms with van der Waals surface area (Å²) in [4.78, 5) is 22.8. The van der Waals surface area contributed by atoms with Crippen LogP contribution in [0.15, 0.2) is 18.2 Å². The molecule has 0 unspecified atom stereocenters. The summed E-state index contributed by atoms with van der Waals surface area (Å²) in [5.74, 6) is -0.847. The molecular weight excluding hydrogens is 260 g/mol. The van der Waals surface area contributed by atoms with Crippen LogP contribution in [0.2, 0.25) is 0 Å². The number of benzene rings is 1.